The molecule has 0 bridgehead atoms. The second-order valence-electron chi connectivity index (χ2n) is 7.40. The van der Waals surface area contributed by atoms with Crippen molar-refractivity contribution in [2.45, 2.75) is 6.42 Å². The SMILES string of the molecule is C=C/C=N\C(Oc1ccc(Nc2nc3ccccc3s2)cc1)=C(/N)N1CCC(C(=O)OC)C1. The number of allylic oxidation sites excluding steroid dienone is 1. The molecule has 0 amide bonds. The summed E-state index contributed by atoms with van der Waals surface area (Å²) in [5.74, 6) is 0.723. The molecule has 2 heterocycles. The van der Waals surface area contributed by atoms with Crippen LogP contribution in [-0.2, 0) is 9.53 Å². The van der Waals surface area contributed by atoms with E-state index in [9.17, 15) is 4.79 Å². The Morgan fingerprint density at radius 1 is 1.30 bits per heavy atom. The molecule has 1 atom stereocenters. The van der Waals surface area contributed by atoms with E-state index in [1.807, 2.05) is 53.4 Å². The first-order valence-electron chi connectivity index (χ1n) is 10.5. The fraction of sp³-hybridized carbons (Fsp3) is 0.208. The number of thiazole rings is 1. The number of nitrogens with one attached hydrogen (secondary N) is 1. The maximum Gasteiger partial charge on any atom is 0.310 e. The van der Waals surface area contributed by atoms with E-state index >= 15 is 0 Å². The highest BCUT2D eigenvalue weighted by Crippen LogP contribution is 2.29. The molecule has 170 valence electrons. The molecule has 4 rings (SSSR count). The van der Waals surface area contributed by atoms with Crippen LogP contribution < -0.4 is 15.8 Å². The summed E-state index contributed by atoms with van der Waals surface area (Å²) in [5, 5.41) is 4.14. The number of hydrogen-bond donors (Lipinski definition) is 2. The van der Waals surface area contributed by atoms with E-state index in [2.05, 4.69) is 21.9 Å². The van der Waals surface area contributed by atoms with Crippen LogP contribution in [-0.4, -0.2) is 42.3 Å². The molecular weight excluding hydrogens is 438 g/mol. The van der Waals surface area contributed by atoms with Gasteiger partial charge in [-0.2, -0.15) is 0 Å². The van der Waals surface area contributed by atoms with Crippen molar-refractivity contribution in [3.05, 3.63) is 72.9 Å². The summed E-state index contributed by atoms with van der Waals surface area (Å²) < 4.78 is 12.0. The summed E-state index contributed by atoms with van der Waals surface area (Å²) in [6, 6.07) is 15.5. The lowest BCUT2D eigenvalue weighted by atomic mass is 10.1. The standard InChI is InChI=1S/C24H25N5O3S/c1-3-13-26-22(21(25)29-14-12-16(15-29)23(30)31-2)32-18-10-8-17(9-11-18)27-24-28-19-6-4-5-7-20(19)33-24/h3-11,13,16H,1,12,14-15,25H2,2H3,(H,27,28)/b22-21-,26-13-. The number of rotatable bonds is 8. The fourth-order valence-electron chi connectivity index (χ4n) is 3.51. The minimum Gasteiger partial charge on any atom is -0.469 e. The highest BCUT2D eigenvalue weighted by atomic mass is 32.1. The molecule has 33 heavy (non-hydrogen) atoms. The van der Waals surface area contributed by atoms with Crippen LogP contribution >= 0.6 is 11.3 Å². The van der Waals surface area contributed by atoms with Gasteiger partial charge in [-0.25, -0.2) is 9.98 Å². The molecular formula is C24H25N5O3S. The third kappa shape index (κ3) is 5.32. The van der Waals surface area contributed by atoms with Crippen molar-refractivity contribution < 1.29 is 14.3 Å². The number of likely N-dealkylation sites (tertiary alicyclic amines) is 1. The molecule has 8 nitrogen and oxygen atoms in total. The Morgan fingerprint density at radius 2 is 2.09 bits per heavy atom. The number of ether oxygens (including phenoxy) is 2. The zero-order valence-electron chi connectivity index (χ0n) is 18.2. The predicted molar refractivity (Wildman–Crippen MR) is 132 cm³/mol. The fourth-order valence-corrected chi connectivity index (χ4v) is 4.39. The van der Waals surface area contributed by atoms with E-state index in [4.69, 9.17) is 15.2 Å². The largest absolute Gasteiger partial charge is 0.469 e. The topological polar surface area (TPSA) is 102 Å². The molecule has 3 N–H and O–H groups in total. The highest BCUT2D eigenvalue weighted by molar-refractivity contribution is 7.22. The molecule has 1 aliphatic rings. The van der Waals surface area contributed by atoms with Crippen LogP contribution in [0, 0.1) is 5.92 Å². The first-order valence-corrected chi connectivity index (χ1v) is 11.3. The number of fused-ring (bicyclic) bond motifs is 1. The minimum atomic E-state index is -0.237. The zero-order chi connectivity index (χ0) is 23.2. The van der Waals surface area contributed by atoms with E-state index in [-0.39, 0.29) is 17.8 Å². The summed E-state index contributed by atoms with van der Waals surface area (Å²) in [6.45, 7) is 4.73. The van der Waals surface area contributed by atoms with Crippen LogP contribution in [0.5, 0.6) is 5.75 Å². The number of nitrogens with zero attached hydrogens (tertiary/aromatic N) is 3. The quantitative estimate of drug-likeness (QED) is 0.292. The first-order chi connectivity index (χ1) is 16.1. The zero-order valence-corrected chi connectivity index (χ0v) is 19.0. The molecule has 1 fully saturated rings. The van der Waals surface area contributed by atoms with Gasteiger partial charge in [0.15, 0.2) is 11.0 Å². The third-order valence-corrected chi connectivity index (χ3v) is 6.15. The first kappa shape index (κ1) is 22.3. The number of hydrogen-bond acceptors (Lipinski definition) is 9. The average molecular weight is 464 g/mol. The molecule has 9 heteroatoms. The van der Waals surface area contributed by atoms with Gasteiger partial charge in [0, 0.05) is 25.0 Å². The van der Waals surface area contributed by atoms with E-state index in [0.29, 0.717) is 31.1 Å². The van der Waals surface area contributed by atoms with Gasteiger partial charge in [0.25, 0.3) is 5.88 Å². The number of anilines is 2. The Balaban J connectivity index is 1.47. The lowest BCUT2D eigenvalue weighted by molar-refractivity contribution is -0.144. The lowest BCUT2D eigenvalue weighted by Gasteiger charge is -2.20. The molecule has 0 radical (unpaired) electrons. The van der Waals surface area contributed by atoms with Crippen molar-refractivity contribution in [3.8, 4) is 5.75 Å². The van der Waals surface area contributed by atoms with Crippen LogP contribution in [0.1, 0.15) is 6.42 Å². The van der Waals surface area contributed by atoms with Gasteiger partial charge < -0.3 is 25.4 Å². The molecule has 1 aliphatic heterocycles. The number of carbonyl (C=O) groups is 1. The van der Waals surface area contributed by atoms with Crippen molar-refractivity contribution in [2.75, 3.05) is 25.5 Å². The number of carbonyl (C=O) groups excluding carboxylic acids is 1. The summed E-state index contributed by atoms with van der Waals surface area (Å²) in [5.41, 5.74) is 8.19. The van der Waals surface area contributed by atoms with Crippen molar-refractivity contribution in [1.29, 1.82) is 0 Å². The normalized spacial score (nSPS) is 16.6. The van der Waals surface area contributed by atoms with Gasteiger partial charge in [-0.1, -0.05) is 36.1 Å². The van der Waals surface area contributed by atoms with Gasteiger partial charge in [-0.15, -0.1) is 0 Å². The minimum absolute atomic E-state index is 0.217. The number of methoxy groups -OCH3 is 1. The van der Waals surface area contributed by atoms with E-state index in [1.165, 1.54) is 13.3 Å². The molecule has 1 saturated heterocycles. The summed E-state index contributed by atoms with van der Waals surface area (Å²) in [6.07, 6.45) is 3.72. The molecule has 1 aromatic heterocycles. The number of esters is 1. The van der Waals surface area contributed by atoms with Gasteiger partial charge in [0.2, 0.25) is 0 Å². The van der Waals surface area contributed by atoms with E-state index in [0.717, 1.165) is 21.0 Å². The van der Waals surface area contributed by atoms with Crippen LogP contribution in [0.3, 0.4) is 0 Å². The van der Waals surface area contributed by atoms with Crippen molar-refractivity contribution in [3.63, 3.8) is 0 Å². The van der Waals surface area contributed by atoms with Crippen LogP contribution in [0.15, 0.2) is 77.9 Å². The van der Waals surface area contributed by atoms with Gasteiger partial charge in [-0.3, -0.25) is 4.79 Å². The number of benzene rings is 2. The van der Waals surface area contributed by atoms with Crippen LogP contribution in [0.25, 0.3) is 10.2 Å². The Hall–Kier alpha value is -3.85. The molecule has 0 saturated carbocycles. The third-order valence-electron chi connectivity index (χ3n) is 5.19. The number of aliphatic imine (C=N–C) groups is 1. The van der Waals surface area contributed by atoms with Gasteiger partial charge in [0.1, 0.15) is 5.75 Å². The lowest BCUT2D eigenvalue weighted by Crippen LogP contribution is -2.29. The molecule has 1 unspecified atom stereocenters. The van der Waals surface area contributed by atoms with E-state index in [1.54, 1.807) is 17.4 Å². The molecule has 2 aromatic carbocycles. The summed E-state index contributed by atoms with van der Waals surface area (Å²) >= 11 is 1.59. The van der Waals surface area contributed by atoms with Crippen LogP contribution in [0.2, 0.25) is 0 Å². The molecule has 0 spiro atoms. The maximum absolute atomic E-state index is 11.8. The maximum atomic E-state index is 11.8. The van der Waals surface area contributed by atoms with Gasteiger partial charge in [-0.05, 0) is 42.8 Å². The predicted octanol–water partition coefficient (Wildman–Crippen LogP) is 4.26. The molecule has 3 aromatic rings. The molecule has 0 aliphatic carbocycles. The van der Waals surface area contributed by atoms with Crippen molar-refractivity contribution in [2.24, 2.45) is 16.6 Å². The van der Waals surface area contributed by atoms with Gasteiger partial charge >= 0.3 is 5.97 Å². The second kappa shape index (κ2) is 10.2. The Labute approximate surface area is 196 Å². The second-order valence-corrected chi connectivity index (χ2v) is 8.43. The van der Waals surface area contributed by atoms with Gasteiger partial charge in [0.05, 0.1) is 23.2 Å². The smallest absolute Gasteiger partial charge is 0.310 e. The highest BCUT2D eigenvalue weighted by Gasteiger charge is 2.31. The Bertz CT molecular complexity index is 1170. The Kier molecular flexibility index (Phi) is 6.89. The van der Waals surface area contributed by atoms with E-state index < -0.39 is 0 Å². The Morgan fingerprint density at radius 3 is 2.82 bits per heavy atom. The van der Waals surface area contributed by atoms with Crippen molar-refractivity contribution in [1.82, 2.24) is 9.88 Å². The number of nitrogens with two attached hydrogens (primary N) is 1. The summed E-state index contributed by atoms with van der Waals surface area (Å²) in [7, 11) is 1.39. The van der Waals surface area contributed by atoms with Crippen LogP contribution in [0.4, 0.5) is 10.8 Å². The van der Waals surface area contributed by atoms with Crippen molar-refractivity contribution >= 4 is 44.6 Å². The number of aromatic nitrogens is 1. The average Bonchev–Trinajstić information content (AvgIpc) is 3.49. The number of para-hydroxylation sites is 1. The summed E-state index contributed by atoms with van der Waals surface area (Å²) in [4.78, 5) is 22.6. The monoisotopic (exact) mass is 463 g/mol.